The molecule has 0 aromatic carbocycles. The summed E-state index contributed by atoms with van der Waals surface area (Å²) < 4.78 is 0. The van der Waals surface area contributed by atoms with Crippen molar-refractivity contribution in [3.63, 3.8) is 0 Å². The van der Waals surface area contributed by atoms with E-state index in [1.165, 1.54) is 32.1 Å². The molecule has 1 aromatic heterocycles. The van der Waals surface area contributed by atoms with Gasteiger partial charge in [0.15, 0.2) is 0 Å². The van der Waals surface area contributed by atoms with Crippen LogP contribution in [0.1, 0.15) is 44.9 Å². The zero-order valence-corrected chi connectivity index (χ0v) is 15.0. The van der Waals surface area contributed by atoms with Gasteiger partial charge in [-0.2, -0.15) is 0 Å². The Hall–Kier alpha value is -1.85. The highest BCUT2D eigenvalue weighted by Crippen LogP contribution is 2.28. The van der Waals surface area contributed by atoms with Crippen molar-refractivity contribution in [1.29, 1.82) is 0 Å². The fourth-order valence-corrected chi connectivity index (χ4v) is 3.85. The highest BCUT2D eigenvalue weighted by atomic mass is 16.1. The van der Waals surface area contributed by atoms with Gasteiger partial charge in [-0.05, 0) is 50.9 Å². The number of anilines is 2. The number of aromatic nitrogens is 2. The van der Waals surface area contributed by atoms with Crippen molar-refractivity contribution < 1.29 is 4.79 Å². The standard InChI is InChI=1S/C19H29N5O/c25-18(20-12-15-4-5-15)16-6-10-23(11-7-16)17-13-21-19(22-14-17)24-8-2-1-3-9-24/h13-16H,1-12H2,(H,20,25). The van der Waals surface area contributed by atoms with Crippen molar-refractivity contribution in [3.8, 4) is 0 Å². The van der Waals surface area contributed by atoms with Gasteiger partial charge in [0.2, 0.25) is 11.9 Å². The zero-order valence-electron chi connectivity index (χ0n) is 15.0. The molecule has 0 radical (unpaired) electrons. The van der Waals surface area contributed by atoms with E-state index in [1.807, 2.05) is 12.4 Å². The Balaban J connectivity index is 1.27. The molecule has 4 rings (SSSR count). The number of amides is 1. The van der Waals surface area contributed by atoms with Gasteiger partial charge in [0, 0.05) is 38.6 Å². The first-order valence-corrected chi connectivity index (χ1v) is 9.89. The molecule has 1 N–H and O–H groups in total. The largest absolute Gasteiger partial charge is 0.369 e. The molecule has 2 aliphatic heterocycles. The molecule has 0 spiro atoms. The van der Waals surface area contributed by atoms with Gasteiger partial charge < -0.3 is 15.1 Å². The Bertz CT molecular complexity index is 572. The summed E-state index contributed by atoms with van der Waals surface area (Å²) in [6, 6.07) is 0. The first kappa shape index (κ1) is 16.6. The van der Waals surface area contributed by atoms with E-state index in [2.05, 4.69) is 25.1 Å². The fraction of sp³-hybridized carbons (Fsp3) is 0.737. The maximum absolute atomic E-state index is 12.2. The molecule has 1 amide bonds. The Kier molecular flexibility index (Phi) is 5.04. The van der Waals surface area contributed by atoms with Crippen LogP contribution in [0.25, 0.3) is 0 Å². The van der Waals surface area contributed by atoms with Gasteiger partial charge in [-0.15, -0.1) is 0 Å². The molecule has 1 saturated carbocycles. The molecule has 25 heavy (non-hydrogen) atoms. The zero-order chi connectivity index (χ0) is 17.1. The van der Waals surface area contributed by atoms with Crippen LogP contribution in [0.4, 0.5) is 11.6 Å². The summed E-state index contributed by atoms with van der Waals surface area (Å²) in [6.07, 6.45) is 12.1. The first-order valence-electron chi connectivity index (χ1n) is 9.89. The van der Waals surface area contributed by atoms with E-state index < -0.39 is 0 Å². The Morgan fingerprint density at radius 2 is 1.64 bits per heavy atom. The number of carbonyl (C=O) groups is 1. The highest BCUT2D eigenvalue weighted by Gasteiger charge is 2.27. The maximum Gasteiger partial charge on any atom is 0.225 e. The lowest BCUT2D eigenvalue weighted by molar-refractivity contribution is -0.125. The summed E-state index contributed by atoms with van der Waals surface area (Å²) in [5, 5.41) is 3.13. The molecule has 136 valence electrons. The van der Waals surface area contributed by atoms with Crippen molar-refractivity contribution in [2.45, 2.75) is 44.9 Å². The average molecular weight is 343 g/mol. The van der Waals surface area contributed by atoms with Crippen LogP contribution in [-0.4, -0.2) is 48.6 Å². The van der Waals surface area contributed by atoms with Gasteiger partial charge in [-0.25, -0.2) is 9.97 Å². The van der Waals surface area contributed by atoms with Gasteiger partial charge in [-0.1, -0.05) is 0 Å². The van der Waals surface area contributed by atoms with E-state index in [1.54, 1.807) is 0 Å². The quantitative estimate of drug-likeness (QED) is 0.888. The topological polar surface area (TPSA) is 61.4 Å². The number of piperidine rings is 2. The van der Waals surface area contributed by atoms with Gasteiger partial charge in [-0.3, -0.25) is 4.79 Å². The predicted octanol–water partition coefficient (Wildman–Crippen LogP) is 2.21. The van der Waals surface area contributed by atoms with Crippen LogP contribution in [0.3, 0.4) is 0 Å². The summed E-state index contributed by atoms with van der Waals surface area (Å²) in [4.78, 5) is 26.0. The van der Waals surface area contributed by atoms with E-state index in [0.29, 0.717) is 0 Å². The first-order chi connectivity index (χ1) is 12.3. The summed E-state index contributed by atoms with van der Waals surface area (Å²) in [7, 11) is 0. The summed E-state index contributed by atoms with van der Waals surface area (Å²) in [6.45, 7) is 4.84. The SMILES string of the molecule is O=C(NCC1CC1)C1CCN(c2cnc(N3CCCCC3)nc2)CC1. The van der Waals surface area contributed by atoms with Gasteiger partial charge in [0.25, 0.3) is 0 Å². The van der Waals surface area contributed by atoms with Crippen molar-refractivity contribution in [3.05, 3.63) is 12.4 Å². The monoisotopic (exact) mass is 343 g/mol. The lowest BCUT2D eigenvalue weighted by atomic mass is 9.95. The molecule has 2 saturated heterocycles. The summed E-state index contributed by atoms with van der Waals surface area (Å²) in [5.41, 5.74) is 1.08. The predicted molar refractivity (Wildman–Crippen MR) is 98.8 cm³/mol. The van der Waals surface area contributed by atoms with E-state index in [4.69, 9.17) is 0 Å². The van der Waals surface area contributed by atoms with E-state index in [-0.39, 0.29) is 11.8 Å². The Labute approximate surface area is 150 Å². The molecule has 0 unspecified atom stereocenters. The van der Waals surface area contributed by atoms with Crippen LogP contribution in [0.5, 0.6) is 0 Å². The van der Waals surface area contributed by atoms with Crippen LogP contribution in [0, 0.1) is 11.8 Å². The van der Waals surface area contributed by atoms with Crippen LogP contribution >= 0.6 is 0 Å². The molecule has 3 heterocycles. The summed E-state index contributed by atoms with van der Waals surface area (Å²) in [5.74, 6) is 2.03. The molecule has 1 aromatic rings. The van der Waals surface area contributed by atoms with Crippen molar-refractivity contribution in [2.75, 3.05) is 42.5 Å². The minimum absolute atomic E-state index is 0.170. The van der Waals surface area contributed by atoms with E-state index >= 15 is 0 Å². The average Bonchev–Trinajstić information content (AvgIpc) is 3.52. The minimum Gasteiger partial charge on any atom is -0.369 e. The summed E-state index contributed by atoms with van der Waals surface area (Å²) >= 11 is 0. The van der Waals surface area contributed by atoms with Crippen molar-refractivity contribution in [1.82, 2.24) is 15.3 Å². The highest BCUT2D eigenvalue weighted by molar-refractivity contribution is 5.79. The number of rotatable bonds is 5. The molecular formula is C19H29N5O. The molecular weight excluding hydrogens is 314 g/mol. The normalized spacial score (nSPS) is 22.1. The lowest BCUT2D eigenvalue weighted by Gasteiger charge is -2.33. The number of nitrogens with one attached hydrogen (secondary N) is 1. The van der Waals surface area contributed by atoms with E-state index in [9.17, 15) is 4.79 Å². The minimum atomic E-state index is 0.170. The number of hydrogen-bond acceptors (Lipinski definition) is 5. The number of nitrogens with zero attached hydrogens (tertiary/aromatic N) is 4. The molecule has 3 fully saturated rings. The Morgan fingerprint density at radius 1 is 0.960 bits per heavy atom. The second-order valence-corrected chi connectivity index (χ2v) is 7.74. The smallest absolute Gasteiger partial charge is 0.225 e. The van der Waals surface area contributed by atoms with Gasteiger partial charge in [0.05, 0.1) is 18.1 Å². The molecule has 6 heteroatoms. The Morgan fingerprint density at radius 3 is 2.28 bits per heavy atom. The fourth-order valence-electron chi connectivity index (χ4n) is 3.85. The second kappa shape index (κ2) is 7.58. The van der Waals surface area contributed by atoms with Crippen LogP contribution in [0.2, 0.25) is 0 Å². The molecule has 3 aliphatic rings. The lowest BCUT2D eigenvalue weighted by Crippen LogP contribution is -2.41. The molecule has 0 bridgehead atoms. The van der Waals surface area contributed by atoms with Crippen molar-refractivity contribution >= 4 is 17.5 Å². The second-order valence-electron chi connectivity index (χ2n) is 7.74. The van der Waals surface area contributed by atoms with E-state index in [0.717, 1.165) is 63.1 Å². The third-order valence-electron chi connectivity index (χ3n) is 5.76. The number of hydrogen-bond donors (Lipinski definition) is 1. The number of carbonyl (C=O) groups excluding carboxylic acids is 1. The van der Waals surface area contributed by atoms with Gasteiger partial charge in [0.1, 0.15) is 0 Å². The third kappa shape index (κ3) is 4.22. The van der Waals surface area contributed by atoms with Crippen molar-refractivity contribution in [2.24, 2.45) is 11.8 Å². The maximum atomic E-state index is 12.2. The molecule has 0 atom stereocenters. The van der Waals surface area contributed by atoms with Gasteiger partial charge >= 0.3 is 0 Å². The molecule has 1 aliphatic carbocycles. The van der Waals surface area contributed by atoms with Crippen LogP contribution in [-0.2, 0) is 4.79 Å². The van der Waals surface area contributed by atoms with Crippen LogP contribution in [0.15, 0.2) is 12.4 Å². The van der Waals surface area contributed by atoms with Crippen LogP contribution < -0.4 is 15.1 Å². The third-order valence-corrected chi connectivity index (χ3v) is 5.76. The molecule has 6 nitrogen and oxygen atoms in total.